The summed E-state index contributed by atoms with van der Waals surface area (Å²) in [6.45, 7) is 10.2. The van der Waals surface area contributed by atoms with Gasteiger partial charge in [-0.15, -0.1) is 0 Å². The van der Waals surface area contributed by atoms with Gasteiger partial charge in [-0.1, -0.05) is 6.92 Å². The molecule has 0 bridgehead atoms. The molecule has 0 aliphatic heterocycles. The number of carbonyl (C=O) groups is 3. The molecule has 0 radical (unpaired) electrons. The van der Waals surface area contributed by atoms with Crippen molar-refractivity contribution in [1.29, 1.82) is 0 Å². The molecular formula is C19H29N3O6S. The number of benzene rings is 1. The molecule has 1 aromatic rings. The number of urea groups is 1. The first-order valence-corrected chi connectivity index (χ1v) is 10.7. The molecule has 29 heavy (non-hydrogen) atoms. The lowest BCUT2D eigenvalue weighted by molar-refractivity contribution is -0.127. The summed E-state index contributed by atoms with van der Waals surface area (Å²) in [5, 5.41) is 4.65. The monoisotopic (exact) mass is 427 g/mol. The summed E-state index contributed by atoms with van der Waals surface area (Å²) >= 11 is 0. The first-order valence-electron chi connectivity index (χ1n) is 9.21. The highest BCUT2D eigenvalue weighted by molar-refractivity contribution is 7.89. The smallest absolute Gasteiger partial charge is 0.338 e. The van der Waals surface area contributed by atoms with Crippen LogP contribution in [-0.4, -0.2) is 44.0 Å². The fraction of sp³-hybridized carbons (Fsp3) is 0.526. The third-order valence-electron chi connectivity index (χ3n) is 3.75. The van der Waals surface area contributed by atoms with Crippen LogP contribution in [0.4, 0.5) is 4.79 Å². The van der Waals surface area contributed by atoms with E-state index < -0.39 is 39.6 Å². The molecule has 0 aliphatic carbocycles. The lowest BCUT2D eigenvalue weighted by Crippen LogP contribution is -2.50. The lowest BCUT2D eigenvalue weighted by atomic mass is 10.1. The second-order valence-corrected chi connectivity index (χ2v) is 9.41. The van der Waals surface area contributed by atoms with Gasteiger partial charge in [0.2, 0.25) is 10.0 Å². The molecule has 0 aliphatic rings. The molecule has 0 aromatic heterocycles. The van der Waals surface area contributed by atoms with Crippen LogP contribution in [0.15, 0.2) is 29.2 Å². The Balaban J connectivity index is 2.73. The van der Waals surface area contributed by atoms with E-state index in [2.05, 4.69) is 15.4 Å². The fourth-order valence-corrected chi connectivity index (χ4v) is 3.38. The van der Waals surface area contributed by atoms with Gasteiger partial charge in [0.1, 0.15) is 0 Å². The standard InChI is InChI=1S/C19H29N3O6S/c1-7-12(2)22-29(26,27)15-10-8-14(9-11-15)17(24)28-13(3)16(23)20-18(25)21-19(4,5)6/h8-13,22H,7H2,1-6H3,(H2,20,21,23,25)/t12-,13-/m1/s1. The van der Waals surface area contributed by atoms with Crippen molar-refractivity contribution in [3.8, 4) is 0 Å². The normalized spacial score (nSPS) is 13.9. The predicted molar refractivity (Wildman–Crippen MR) is 108 cm³/mol. The average Bonchev–Trinajstić information content (AvgIpc) is 2.59. The number of carbonyl (C=O) groups excluding carboxylic acids is 3. The number of hydrogen-bond donors (Lipinski definition) is 3. The van der Waals surface area contributed by atoms with Gasteiger partial charge in [-0.3, -0.25) is 10.1 Å². The van der Waals surface area contributed by atoms with E-state index in [9.17, 15) is 22.8 Å². The van der Waals surface area contributed by atoms with Crippen molar-refractivity contribution in [3.05, 3.63) is 29.8 Å². The fourth-order valence-electron chi connectivity index (χ4n) is 2.05. The van der Waals surface area contributed by atoms with Gasteiger partial charge in [0.25, 0.3) is 5.91 Å². The van der Waals surface area contributed by atoms with E-state index in [0.29, 0.717) is 6.42 Å². The molecule has 0 fully saturated rings. The van der Waals surface area contributed by atoms with Crippen molar-refractivity contribution in [2.45, 2.75) is 70.5 Å². The largest absolute Gasteiger partial charge is 0.449 e. The van der Waals surface area contributed by atoms with Crippen LogP contribution in [0.25, 0.3) is 0 Å². The molecule has 0 unspecified atom stereocenters. The van der Waals surface area contributed by atoms with Crippen molar-refractivity contribution < 1.29 is 27.5 Å². The molecule has 162 valence electrons. The van der Waals surface area contributed by atoms with Crippen molar-refractivity contribution in [3.63, 3.8) is 0 Å². The van der Waals surface area contributed by atoms with Gasteiger partial charge in [-0.25, -0.2) is 22.7 Å². The van der Waals surface area contributed by atoms with Gasteiger partial charge in [0.15, 0.2) is 6.10 Å². The Bertz CT molecular complexity index is 844. The summed E-state index contributed by atoms with van der Waals surface area (Å²) in [5.74, 6) is -1.60. The van der Waals surface area contributed by atoms with Crippen LogP contribution < -0.4 is 15.4 Å². The summed E-state index contributed by atoms with van der Waals surface area (Å²) in [6.07, 6.45) is -0.583. The van der Waals surface area contributed by atoms with E-state index in [-0.39, 0.29) is 16.5 Å². The van der Waals surface area contributed by atoms with Gasteiger partial charge < -0.3 is 10.1 Å². The minimum absolute atomic E-state index is 0.0130. The van der Waals surface area contributed by atoms with Crippen LogP contribution in [0.2, 0.25) is 0 Å². The summed E-state index contributed by atoms with van der Waals surface area (Å²) in [4.78, 5) is 35.9. The number of esters is 1. The Morgan fingerprint density at radius 1 is 1.07 bits per heavy atom. The number of hydrogen-bond acceptors (Lipinski definition) is 6. The van der Waals surface area contributed by atoms with Crippen LogP contribution in [0, 0.1) is 0 Å². The Morgan fingerprint density at radius 2 is 1.62 bits per heavy atom. The summed E-state index contributed by atoms with van der Waals surface area (Å²) < 4.78 is 32.0. The first kappa shape index (κ1) is 24.6. The molecule has 0 saturated carbocycles. The number of sulfonamides is 1. The van der Waals surface area contributed by atoms with Crippen molar-refractivity contribution >= 4 is 27.9 Å². The third kappa shape index (κ3) is 8.20. The quantitative estimate of drug-likeness (QED) is 0.570. The van der Waals surface area contributed by atoms with E-state index in [1.807, 2.05) is 6.92 Å². The first-order chi connectivity index (χ1) is 13.2. The Morgan fingerprint density at radius 3 is 2.10 bits per heavy atom. The predicted octanol–water partition coefficient (Wildman–Crippen LogP) is 1.93. The summed E-state index contributed by atoms with van der Waals surface area (Å²) in [6, 6.07) is 4.23. The Labute approximate surface area is 171 Å². The maximum atomic E-state index is 12.2. The van der Waals surface area contributed by atoms with Crippen LogP contribution in [0.1, 0.15) is 58.3 Å². The molecule has 1 aromatic carbocycles. The molecule has 9 nitrogen and oxygen atoms in total. The van der Waals surface area contributed by atoms with Crippen LogP contribution >= 0.6 is 0 Å². The minimum Gasteiger partial charge on any atom is -0.449 e. The van der Waals surface area contributed by atoms with Crippen LogP contribution in [0.5, 0.6) is 0 Å². The molecule has 3 N–H and O–H groups in total. The van der Waals surface area contributed by atoms with Gasteiger partial charge in [-0.05, 0) is 65.3 Å². The zero-order valence-corrected chi connectivity index (χ0v) is 18.3. The molecule has 10 heteroatoms. The van der Waals surface area contributed by atoms with Crippen LogP contribution in [-0.2, 0) is 19.6 Å². The van der Waals surface area contributed by atoms with Crippen molar-refractivity contribution in [2.75, 3.05) is 0 Å². The molecule has 0 spiro atoms. The minimum atomic E-state index is -3.69. The number of amides is 3. The van der Waals surface area contributed by atoms with Crippen LogP contribution in [0.3, 0.4) is 0 Å². The topological polar surface area (TPSA) is 131 Å². The molecule has 0 heterocycles. The summed E-state index contributed by atoms with van der Waals surface area (Å²) in [7, 11) is -3.69. The molecule has 2 atom stereocenters. The van der Waals surface area contributed by atoms with Gasteiger partial charge >= 0.3 is 12.0 Å². The molecule has 3 amide bonds. The highest BCUT2D eigenvalue weighted by Crippen LogP contribution is 2.13. The zero-order chi connectivity index (χ0) is 22.4. The third-order valence-corrected chi connectivity index (χ3v) is 5.35. The van der Waals surface area contributed by atoms with Gasteiger partial charge in [0.05, 0.1) is 10.5 Å². The second kappa shape index (κ2) is 9.84. The number of rotatable bonds is 7. The van der Waals surface area contributed by atoms with E-state index in [1.54, 1.807) is 27.7 Å². The highest BCUT2D eigenvalue weighted by atomic mass is 32.2. The number of ether oxygens (including phenoxy) is 1. The van der Waals surface area contributed by atoms with E-state index in [4.69, 9.17) is 4.74 Å². The van der Waals surface area contributed by atoms with Gasteiger partial charge in [-0.2, -0.15) is 0 Å². The maximum Gasteiger partial charge on any atom is 0.338 e. The van der Waals surface area contributed by atoms with E-state index in [0.717, 1.165) is 0 Å². The van der Waals surface area contributed by atoms with Crippen molar-refractivity contribution in [1.82, 2.24) is 15.4 Å². The average molecular weight is 428 g/mol. The molecular weight excluding hydrogens is 398 g/mol. The maximum absolute atomic E-state index is 12.2. The molecule has 0 saturated heterocycles. The SMILES string of the molecule is CC[C@@H](C)NS(=O)(=O)c1ccc(C(=O)O[C@H](C)C(=O)NC(=O)NC(C)(C)C)cc1. The highest BCUT2D eigenvalue weighted by Gasteiger charge is 2.23. The lowest BCUT2D eigenvalue weighted by Gasteiger charge is -2.21. The second-order valence-electron chi connectivity index (χ2n) is 7.70. The van der Waals surface area contributed by atoms with E-state index in [1.165, 1.54) is 31.2 Å². The van der Waals surface area contributed by atoms with Crippen molar-refractivity contribution in [2.24, 2.45) is 0 Å². The zero-order valence-electron chi connectivity index (χ0n) is 17.5. The van der Waals surface area contributed by atoms with Gasteiger partial charge in [0, 0.05) is 11.6 Å². The Kier molecular flexibility index (Phi) is 8.34. The number of nitrogens with one attached hydrogen (secondary N) is 3. The molecule has 1 rings (SSSR count). The Hall–Kier alpha value is -2.46. The number of imide groups is 1. The van der Waals surface area contributed by atoms with E-state index >= 15 is 0 Å². The summed E-state index contributed by atoms with van der Waals surface area (Å²) in [5.41, 5.74) is -0.456.